The lowest BCUT2D eigenvalue weighted by atomic mass is 9.75. The molecule has 4 fully saturated rings. The van der Waals surface area contributed by atoms with Gasteiger partial charge in [-0.2, -0.15) is 4.99 Å². The van der Waals surface area contributed by atoms with E-state index in [1.54, 1.807) is 18.4 Å². The number of carbonyl (C=O) groups excluding carboxylic acids is 1. The molecule has 1 aromatic rings. The van der Waals surface area contributed by atoms with Crippen LogP contribution in [0.3, 0.4) is 0 Å². The zero-order valence-corrected chi connectivity index (χ0v) is 17.6. The van der Waals surface area contributed by atoms with Gasteiger partial charge in [-0.05, 0) is 62.2 Å². The first kappa shape index (κ1) is 18.4. The Morgan fingerprint density at radius 1 is 1.27 bits per heavy atom. The third-order valence-corrected chi connectivity index (χ3v) is 8.58. The minimum atomic E-state index is -0.132. The lowest BCUT2D eigenvalue weighted by Crippen LogP contribution is -2.33. The van der Waals surface area contributed by atoms with Crippen LogP contribution in [0.1, 0.15) is 63.4 Å². The molecule has 4 aliphatic carbocycles. The van der Waals surface area contributed by atoms with Gasteiger partial charge in [-0.1, -0.05) is 20.8 Å². The molecule has 4 aliphatic rings. The molecule has 2 atom stereocenters. The van der Waals surface area contributed by atoms with E-state index in [9.17, 15) is 4.79 Å². The van der Waals surface area contributed by atoms with E-state index in [4.69, 9.17) is 9.73 Å². The van der Waals surface area contributed by atoms with Gasteiger partial charge in [-0.3, -0.25) is 4.79 Å². The van der Waals surface area contributed by atoms with Crippen molar-refractivity contribution in [2.45, 2.75) is 71.8 Å². The third-order valence-electron chi connectivity index (χ3n) is 6.97. The van der Waals surface area contributed by atoms with Crippen molar-refractivity contribution < 1.29 is 9.53 Å². The molecule has 1 aromatic heterocycles. The first-order chi connectivity index (χ1) is 12.2. The summed E-state index contributed by atoms with van der Waals surface area (Å²) in [6.07, 6.45) is 6.05. The molecule has 1 amide bonds. The summed E-state index contributed by atoms with van der Waals surface area (Å²) in [6, 6.07) is 0. The van der Waals surface area contributed by atoms with Gasteiger partial charge in [-0.15, -0.1) is 11.3 Å². The second-order valence-corrected chi connectivity index (χ2v) is 10.8. The molecule has 0 radical (unpaired) electrons. The van der Waals surface area contributed by atoms with Crippen molar-refractivity contribution in [3.8, 4) is 0 Å². The quantitative estimate of drug-likeness (QED) is 0.795. The van der Waals surface area contributed by atoms with E-state index in [0.29, 0.717) is 12.5 Å². The van der Waals surface area contributed by atoms with Gasteiger partial charge in [-0.25, -0.2) is 0 Å². The topological polar surface area (TPSA) is 43.6 Å². The van der Waals surface area contributed by atoms with E-state index in [2.05, 4.69) is 32.3 Å². The summed E-state index contributed by atoms with van der Waals surface area (Å²) >= 11 is 1.69. The fourth-order valence-electron chi connectivity index (χ4n) is 6.05. The number of aromatic nitrogens is 1. The van der Waals surface area contributed by atoms with E-state index in [1.165, 1.54) is 29.8 Å². The lowest BCUT2D eigenvalue weighted by molar-refractivity contribution is -0.129. The first-order valence-electron chi connectivity index (χ1n) is 10.0. The zero-order valence-electron chi connectivity index (χ0n) is 16.8. The molecule has 0 spiro atoms. The van der Waals surface area contributed by atoms with Crippen LogP contribution in [0.25, 0.3) is 0 Å². The molecule has 0 aromatic carbocycles. The fraction of sp³-hybridized carbons (Fsp3) is 0.810. The molecule has 0 aliphatic heterocycles. The zero-order chi connectivity index (χ0) is 18.7. The third kappa shape index (κ3) is 2.82. The van der Waals surface area contributed by atoms with Crippen LogP contribution in [0.5, 0.6) is 0 Å². The maximum atomic E-state index is 13.4. The van der Waals surface area contributed by atoms with Crippen LogP contribution in [0, 0.1) is 30.1 Å². The maximum Gasteiger partial charge on any atom is 0.254 e. The molecule has 5 rings (SSSR count). The average Bonchev–Trinajstić information content (AvgIpc) is 3.10. The molecule has 5 heteroatoms. The van der Waals surface area contributed by atoms with Crippen molar-refractivity contribution >= 4 is 17.2 Å². The van der Waals surface area contributed by atoms with Crippen LogP contribution < -0.4 is 4.80 Å². The standard InChI is InChI=1S/C21H32N2O2S/c1-13-17(20(2,3)4)26-19(23(13)6-7-25-5)22-18(24)21-11-14-8-15(12-21)10-16(21)9-14/h14-16H,6-12H2,1-5H3/b22-19-. The van der Waals surface area contributed by atoms with Crippen molar-refractivity contribution in [3.05, 3.63) is 15.4 Å². The normalized spacial score (nSPS) is 33.4. The van der Waals surface area contributed by atoms with Gasteiger partial charge in [0.05, 0.1) is 12.0 Å². The van der Waals surface area contributed by atoms with Crippen LogP contribution in [0.4, 0.5) is 0 Å². The summed E-state index contributed by atoms with van der Waals surface area (Å²) in [5, 5.41) is 0. The Morgan fingerprint density at radius 3 is 2.50 bits per heavy atom. The molecule has 4 bridgehead atoms. The Labute approximate surface area is 160 Å². The predicted octanol–water partition coefficient (Wildman–Crippen LogP) is 4.06. The highest BCUT2D eigenvalue weighted by Gasteiger charge is 2.61. The number of thiazole rings is 1. The predicted molar refractivity (Wildman–Crippen MR) is 104 cm³/mol. The van der Waals surface area contributed by atoms with E-state index in [0.717, 1.165) is 36.0 Å². The highest BCUT2D eigenvalue weighted by atomic mass is 32.1. The maximum absolute atomic E-state index is 13.4. The minimum Gasteiger partial charge on any atom is -0.383 e. The summed E-state index contributed by atoms with van der Waals surface area (Å²) in [4.78, 5) is 20.3. The van der Waals surface area contributed by atoms with Crippen molar-refractivity contribution in [1.82, 2.24) is 4.57 Å². The molecule has 144 valence electrons. The number of methoxy groups -OCH3 is 1. The Hall–Kier alpha value is -0.940. The monoisotopic (exact) mass is 376 g/mol. The molecule has 1 heterocycles. The van der Waals surface area contributed by atoms with Crippen molar-refractivity contribution in [3.63, 3.8) is 0 Å². The Kier molecular flexibility index (Phi) is 4.47. The number of hydrogen-bond acceptors (Lipinski definition) is 3. The SMILES string of the molecule is COCCn1c(C)c(C(C)(C)C)s/c1=N\C(=O)C12CC3CC(CC1C3)C2. The van der Waals surface area contributed by atoms with E-state index in [-0.39, 0.29) is 16.7 Å². The van der Waals surface area contributed by atoms with Crippen LogP contribution in [0.15, 0.2) is 4.99 Å². The average molecular weight is 377 g/mol. The van der Waals surface area contributed by atoms with Gasteiger partial charge in [0.15, 0.2) is 4.80 Å². The highest BCUT2D eigenvalue weighted by molar-refractivity contribution is 7.09. The van der Waals surface area contributed by atoms with Crippen LogP contribution in [0.2, 0.25) is 0 Å². The largest absolute Gasteiger partial charge is 0.383 e. The van der Waals surface area contributed by atoms with Crippen LogP contribution in [-0.2, 0) is 21.5 Å². The van der Waals surface area contributed by atoms with Crippen molar-refractivity contribution in [2.24, 2.45) is 28.2 Å². The van der Waals surface area contributed by atoms with Gasteiger partial charge in [0.2, 0.25) is 0 Å². The molecule has 4 nitrogen and oxygen atoms in total. The number of rotatable bonds is 4. The second kappa shape index (κ2) is 6.30. The summed E-state index contributed by atoms with van der Waals surface area (Å²) in [5.41, 5.74) is 1.15. The molecule has 0 N–H and O–H groups in total. The number of amides is 1. The number of hydrogen-bond donors (Lipinski definition) is 0. The van der Waals surface area contributed by atoms with Crippen molar-refractivity contribution in [1.29, 1.82) is 0 Å². The molecule has 2 unspecified atom stereocenters. The molecule has 4 saturated carbocycles. The van der Waals surface area contributed by atoms with Gasteiger partial charge >= 0.3 is 0 Å². The number of nitrogens with zero attached hydrogens (tertiary/aromatic N) is 2. The van der Waals surface area contributed by atoms with Gasteiger partial charge in [0, 0.05) is 24.2 Å². The minimum absolute atomic E-state index is 0.0591. The Morgan fingerprint density at radius 2 is 1.92 bits per heavy atom. The summed E-state index contributed by atoms with van der Waals surface area (Å²) in [7, 11) is 1.72. The second-order valence-electron chi connectivity index (χ2n) is 9.81. The van der Waals surface area contributed by atoms with Crippen LogP contribution in [-0.4, -0.2) is 24.2 Å². The van der Waals surface area contributed by atoms with Gasteiger partial charge in [0.1, 0.15) is 0 Å². The summed E-state index contributed by atoms with van der Waals surface area (Å²) in [6.45, 7) is 10.2. The molecular formula is C21H32N2O2S. The number of ether oxygens (including phenoxy) is 1. The van der Waals surface area contributed by atoms with E-state index >= 15 is 0 Å². The van der Waals surface area contributed by atoms with Crippen molar-refractivity contribution in [2.75, 3.05) is 13.7 Å². The smallest absolute Gasteiger partial charge is 0.254 e. The molecular weight excluding hydrogens is 344 g/mol. The van der Waals surface area contributed by atoms with E-state index < -0.39 is 0 Å². The number of carbonyl (C=O) groups is 1. The first-order valence-corrected chi connectivity index (χ1v) is 10.8. The van der Waals surface area contributed by atoms with Gasteiger partial charge < -0.3 is 9.30 Å². The highest BCUT2D eigenvalue weighted by Crippen LogP contribution is 2.65. The lowest BCUT2D eigenvalue weighted by Gasteiger charge is -2.29. The fourth-order valence-corrected chi connectivity index (χ4v) is 7.27. The molecule has 0 saturated heterocycles. The Bertz CT molecular complexity index is 769. The summed E-state index contributed by atoms with van der Waals surface area (Å²) < 4.78 is 7.50. The van der Waals surface area contributed by atoms with Gasteiger partial charge in [0.25, 0.3) is 5.91 Å². The molecule has 26 heavy (non-hydrogen) atoms. The Balaban J connectivity index is 1.73. The van der Waals surface area contributed by atoms with E-state index in [1.807, 2.05) is 0 Å². The summed E-state index contributed by atoms with van der Waals surface area (Å²) in [5.74, 6) is 2.32. The van der Waals surface area contributed by atoms with Crippen LogP contribution >= 0.6 is 11.3 Å².